The quantitative estimate of drug-likeness (QED) is 0.658. The van der Waals surface area contributed by atoms with Gasteiger partial charge in [0.25, 0.3) is 15.7 Å². The number of sulfonamides is 1. The molecule has 0 aliphatic carbocycles. The van der Waals surface area contributed by atoms with E-state index in [1.54, 1.807) is 18.2 Å². The van der Waals surface area contributed by atoms with Crippen molar-refractivity contribution in [1.29, 1.82) is 0 Å². The molecule has 0 radical (unpaired) electrons. The Kier molecular flexibility index (Phi) is 4.29. The normalized spacial score (nSPS) is 11.1. The summed E-state index contributed by atoms with van der Waals surface area (Å²) < 4.78 is 27.6. The van der Waals surface area contributed by atoms with Crippen LogP contribution in [0.25, 0.3) is 0 Å². The molecule has 0 unspecified atom stereocenters. The second-order valence-electron chi connectivity index (χ2n) is 4.32. The fourth-order valence-electron chi connectivity index (χ4n) is 1.63. The van der Waals surface area contributed by atoms with E-state index >= 15 is 0 Å². The van der Waals surface area contributed by atoms with Crippen molar-refractivity contribution < 1.29 is 13.3 Å². The summed E-state index contributed by atoms with van der Waals surface area (Å²) in [7, 11) is -3.87. The van der Waals surface area contributed by atoms with E-state index in [0.29, 0.717) is 5.69 Å². The lowest BCUT2D eigenvalue weighted by Crippen LogP contribution is -2.13. The molecule has 0 bridgehead atoms. The molecule has 8 heteroatoms. The van der Waals surface area contributed by atoms with Crippen LogP contribution in [0.3, 0.4) is 0 Å². The number of halogens is 1. The average molecular weight is 371 g/mol. The number of anilines is 1. The minimum absolute atomic E-state index is 0.159. The van der Waals surface area contributed by atoms with Gasteiger partial charge in [-0.3, -0.25) is 14.8 Å². The molecular weight excluding hydrogens is 360 g/mol. The van der Waals surface area contributed by atoms with E-state index < -0.39 is 14.9 Å². The van der Waals surface area contributed by atoms with Gasteiger partial charge in [-0.2, -0.15) is 0 Å². The average Bonchev–Trinajstić information content (AvgIpc) is 2.43. The summed E-state index contributed by atoms with van der Waals surface area (Å²) in [5.74, 6) is 0. The van der Waals surface area contributed by atoms with Crippen LogP contribution in [0.2, 0.25) is 0 Å². The molecule has 0 spiro atoms. The molecular formula is C13H11BrN2O4S. The molecule has 2 aromatic carbocycles. The third-order valence-electron chi connectivity index (χ3n) is 2.76. The maximum absolute atomic E-state index is 12.2. The van der Waals surface area contributed by atoms with Gasteiger partial charge in [0.2, 0.25) is 0 Å². The Morgan fingerprint density at radius 2 is 1.90 bits per heavy atom. The van der Waals surface area contributed by atoms with Gasteiger partial charge in [-0.05, 0) is 30.7 Å². The molecule has 110 valence electrons. The Morgan fingerprint density at radius 1 is 1.19 bits per heavy atom. The number of benzene rings is 2. The molecule has 0 amide bonds. The van der Waals surface area contributed by atoms with E-state index in [0.717, 1.165) is 16.1 Å². The molecule has 0 heterocycles. The van der Waals surface area contributed by atoms with Crippen LogP contribution in [-0.4, -0.2) is 13.3 Å². The maximum atomic E-state index is 12.2. The molecule has 0 saturated carbocycles. The van der Waals surface area contributed by atoms with Crippen molar-refractivity contribution in [3.05, 3.63) is 62.6 Å². The molecule has 2 aromatic rings. The summed E-state index contributed by atoms with van der Waals surface area (Å²) in [6.45, 7) is 1.88. The van der Waals surface area contributed by atoms with E-state index in [2.05, 4.69) is 20.7 Å². The highest BCUT2D eigenvalue weighted by molar-refractivity contribution is 9.10. The van der Waals surface area contributed by atoms with Gasteiger partial charge in [0, 0.05) is 22.3 Å². The monoisotopic (exact) mass is 370 g/mol. The van der Waals surface area contributed by atoms with E-state index in [1.165, 1.54) is 18.2 Å². The molecule has 2 rings (SSSR count). The summed E-state index contributed by atoms with van der Waals surface area (Å²) >= 11 is 3.32. The predicted molar refractivity (Wildman–Crippen MR) is 82.8 cm³/mol. The first kappa shape index (κ1) is 15.5. The van der Waals surface area contributed by atoms with E-state index in [4.69, 9.17) is 0 Å². The third kappa shape index (κ3) is 3.59. The zero-order valence-corrected chi connectivity index (χ0v) is 13.3. The number of nitro benzene ring substituents is 1. The van der Waals surface area contributed by atoms with Crippen LogP contribution in [0.1, 0.15) is 5.56 Å². The van der Waals surface area contributed by atoms with Gasteiger partial charge in [-0.1, -0.05) is 28.1 Å². The lowest BCUT2D eigenvalue weighted by Gasteiger charge is -2.09. The van der Waals surface area contributed by atoms with E-state index in [-0.39, 0.29) is 10.6 Å². The first-order valence-electron chi connectivity index (χ1n) is 5.83. The molecule has 0 aliphatic heterocycles. The minimum atomic E-state index is -3.87. The highest BCUT2D eigenvalue weighted by atomic mass is 79.9. The number of nitrogens with one attached hydrogen (secondary N) is 1. The van der Waals surface area contributed by atoms with E-state index in [1.807, 2.05) is 6.92 Å². The summed E-state index contributed by atoms with van der Waals surface area (Å²) in [5, 5.41) is 10.7. The van der Waals surface area contributed by atoms with Crippen LogP contribution in [0, 0.1) is 17.0 Å². The third-order valence-corrected chi connectivity index (χ3v) is 5.00. The highest BCUT2D eigenvalue weighted by Gasteiger charge is 2.17. The lowest BCUT2D eigenvalue weighted by atomic mass is 10.2. The van der Waals surface area contributed by atoms with Crippen LogP contribution in [0.15, 0.2) is 51.8 Å². The lowest BCUT2D eigenvalue weighted by molar-refractivity contribution is -0.385. The molecule has 0 saturated heterocycles. The summed E-state index contributed by atoms with van der Waals surface area (Å²) in [5.41, 5.74) is 1.07. The zero-order valence-electron chi connectivity index (χ0n) is 10.9. The number of hydrogen-bond donors (Lipinski definition) is 1. The second kappa shape index (κ2) is 5.82. The SMILES string of the molecule is Cc1ccc(NS(=O)(=O)c2cccc([N+](=O)[O-])c2)cc1Br. The van der Waals surface area contributed by atoms with Gasteiger partial charge < -0.3 is 0 Å². The first-order valence-corrected chi connectivity index (χ1v) is 8.10. The van der Waals surface area contributed by atoms with Crippen LogP contribution >= 0.6 is 15.9 Å². The maximum Gasteiger partial charge on any atom is 0.270 e. The first-order chi connectivity index (χ1) is 9.79. The molecule has 0 aromatic heterocycles. The molecule has 0 aliphatic rings. The smallest absolute Gasteiger partial charge is 0.270 e. The Bertz CT molecular complexity index is 806. The number of non-ortho nitro benzene ring substituents is 1. The van der Waals surface area contributed by atoms with Crippen LogP contribution in [-0.2, 0) is 10.0 Å². The number of nitro groups is 1. The Hall–Kier alpha value is -1.93. The van der Waals surface area contributed by atoms with Crippen molar-refractivity contribution in [2.24, 2.45) is 0 Å². The zero-order chi connectivity index (χ0) is 15.6. The fourth-order valence-corrected chi connectivity index (χ4v) is 3.10. The standard InChI is InChI=1S/C13H11BrN2O4S/c1-9-5-6-10(7-13(9)14)15-21(19,20)12-4-2-3-11(8-12)16(17)18/h2-8,15H,1H3. The summed E-state index contributed by atoms with van der Waals surface area (Å²) in [6.07, 6.45) is 0. The molecule has 1 N–H and O–H groups in total. The Labute approximate surface area is 130 Å². The van der Waals surface area contributed by atoms with Gasteiger partial charge in [0.15, 0.2) is 0 Å². The van der Waals surface area contributed by atoms with Crippen molar-refractivity contribution in [2.75, 3.05) is 4.72 Å². The largest absolute Gasteiger partial charge is 0.280 e. The molecule has 6 nitrogen and oxygen atoms in total. The van der Waals surface area contributed by atoms with Crippen molar-refractivity contribution in [3.63, 3.8) is 0 Å². The van der Waals surface area contributed by atoms with Crippen molar-refractivity contribution in [1.82, 2.24) is 0 Å². The summed E-state index contributed by atoms with van der Waals surface area (Å²) in [4.78, 5) is 9.91. The highest BCUT2D eigenvalue weighted by Crippen LogP contribution is 2.24. The van der Waals surface area contributed by atoms with Crippen molar-refractivity contribution in [3.8, 4) is 0 Å². The van der Waals surface area contributed by atoms with Crippen molar-refractivity contribution >= 4 is 37.3 Å². The second-order valence-corrected chi connectivity index (χ2v) is 6.86. The fraction of sp³-hybridized carbons (Fsp3) is 0.0769. The number of hydrogen-bond acceptors (Lipinski definition) is 4. The van der Waals surface area contributed by atoms with Gasteiger partial charge in [0.05, 0.1) is 9.82 Å². The van der Waals surface area contributed by atoms with Crippen LogP contribution in [0.5, 0.6) is 0 Å². The van der Waals surface area contributed by atoms with Gasteiger partial charge >= 0.3 is 0 Å². The summed E-state index contributed by atoms with van der Waals surface area (Å²) in [6, 6.07) is 9.90. The molecule has 0 atom stereocenters. The minimum Gasteiger partial charge on any atom is -0.280 e. The van der Waals surface area contributed by atoms with Crippen LogP contribution in [0.4, 0.5) is 11.4 Å². The Balaban J connectivity index is 2.36. The number of aryl methyl sites for hydroxylation is 1. The Morgan fingerprint density at radius 3 is 2.52 bits per heavy atom. The number of nitrogens with zero attached hydrogens (tertiary/aromatic N) is 1. The van der Waals surface area contributed by atoms with Gasteiger partial charge in [0.1, 0.15) is 0 Å². The number of rotatable bonds is 4. The van der Waals surface area contributed by atoms with E-state index in [9.17, 15) is 18.5 Å². The van der Waals surface area contributed by atoms with Gasteiger partial charge in [-0.25, -0.2) is 8.42 Å². The topological polar surface area (TPSA) is 89.3 Å². The van der Waals surface area contributed by atoms with Crippen molar-refractivity contribution in [2.45, 2.75) is 11.8 Å². The van der Waals surface area contributed by atoms with Gasteiger partial charge in [-0.15, -0.1) is 0 Å². The predicted octanol–water partition coefficient (Wildman–Crippen LogP) is 3.47. The van der Waals surface area contributed by atoms with Crippen LogP contribution < -0.4 is 4.72 Å². The molecule has 0 fully saturated rings. The molecule has 21 heavy (non-hydrogen) atoms.